The minimum Gasteiger partial charge on any atom is -0.294 e. The third-order valence-electron chi connectivity index (χ3n) is 2.62. The van der Waals surface area contributed by atoms with Crippen LogP contribution in [0.3, 0.4) is 0 Å². The van der Waals surface area contributed by atoms with E-state index < -0.39 is 17.4 Å². The Labute approximate surface area is 122 Å². The van der Waals surface area contributed by atoms with E-state index in [-0.39, 0.29) is 16.5 Å². The zero-order valence-electron chi connectivity index (χ0n) is 9.59. The number of benzene rings is 2. The molecule has 0 saturated carbocycles. The molecule has 0 radical (unpaired) electrons. The summed E-state index contributed by atoms with van der Waals surface area (Å²) in [5.41, 5.74) is 0.303. The molecule has 0 spiro atoms. The molecule has 0 atom stereocenters. The van der Waals surface area contributed by atoms with Gasteiger partial charge in [0, 0.05) is 11.4 Å². The van der Waals surface area contributed by atoms with E-state index in [2.05, 4.69) is 15.9 Å². The molecular formula is C14H8BrClF2O. The molecule has 2 aromatic rings. The number of hydrogen-bond acceptors (Lipinski definition) is 1. The van der Waals surface area contributed by atoms with Gasteiger partial charge in [0.05, 0.1) is 10.0 Å². The van der Waals surface area contributed by atoms with Crippen molar-refractivity contribution >= 4 is 33.3 Å². The number of carbonyl (C=O) groups excluding carboxylic acids is 1. The fourth-order valence-corrected chi connectivity index (χ4v) is 2.16. The van der Waals surface area contributed by atoms with Gasteiger partial charge in [-0.05, 0) is 39.7 Å². The standard InChI is InChI=1S/C14H8BrClF2O/c15-10-7-12(17)9(6-13(10)18)14(19)5-8-3-1-2-4-11(8)16/h1-4,6-7H,5H2. The number of carbonyl (C=O) groups is 1. The number of Topliss-reactive ketones (excluding diaryl/α,β-unsaturated/α-hetero) is 1. The summed E-state index contributed by atoms with van der Waals surface area (Å²) in [5, 5.41) is 0.425. The Morgan fingerprint density at radius 1 is 1.16 bits per heavy atom. The van der Waals surface area contributed by atoms with Crippen molar-refractivity contribution in [3.63, 3.8) is 0 Å². The molecule has 0 unspecified atom stereocenters. The van der Waals surface area contributed by atoms with E-state index in [1.165, 1.54) is 0 Å². The van der Waals surface area contributed by atoms with Crippen LogP contribution in [0.2, 0.25) is 5.02 Å². The van der Waals surface area contributed by atoms with Gasteiger partial charge in [0.15, 0.2) is 5.78 Å². The second-order valence-corrected chi connectivity index (χ2v) is 5.20. The van der Waals surface area contributed by atoms with E-state index in [0.717, 1.165) is 12.1 Å². The van der Waals surface area contributed by atoms with Crippen LogP contribution in [-0.2, 0) is 6.42 Å². The first-order chi connectivity index (χ1) is 8.99. The van der Waals surface area contributed by atoms with Gasteiger partial charge < -0.3 is 0 Å². The Balaban J connectivity index is 2.31. The molecule has 2 rings (SSSR count). The minimum atomic E-state index is -0.759. The lowest BCUT2D eigenvalue weighted by molar-refractivity contribution is 0.0988. The largest absolute Gasteiger partial charge is 0.294 e. The lowest BCUT2D eigenvalue weighted by Gasteiger charge is -2.06. The predicted octanol–water partition coefficient (Wildman–Crippen LogP) is 4.81. The van der Waals surface area contributed by atoms with E-state index in [0.29, 0.717) is 10.6 Å². The molecule has 0 amide bonds. The van der Waals surface area contributed by atoms with E-state index in [1.54, 1.807) is 24.3 Å². The van der Waals surface area contributed by atoms with Crippen LogP contribution in [0.5, 0.6) is 0 Å². The van der Waals surface area contributed by atoms with Crippen LogP contribution in [0.1, 0.15) is 15.9 Å². The molecule has 2 aromatic carbocycles. The number of rotatable bonds is 3. The first kappa shape index (κ1) is 14.2. The highest BCUT2D eigenvalue weighted by Crippen LogP contribution is 2.22. The maximum absolute atomic E-state index is 13.6. The second-order valence-electron chi connectivity index (χ2n) is 3.94. The first-order valence-corrected chi connectivity index (χ1v) is 6.57. The summed E-state index contributed by atoms with van der Waals surface area (Å²) in [4.78, 5) is 12.0. The van der Waals surface area contributed by atoms with Crippen LogP contribution in [0.25, 0.3) is 0 Å². The Morgan fingerprint density at radius 3 is 2.53 bits per heavy atom. The summed E-state index contributed by atoms with van der Waals surface area (Å²) in [6, 6.07) is 8.60. The molecule has 0 aliphatic carbocycles. The van der Waals surface area contributed by atoms with Gasteiger partial charge in [-0.3, -0.25) is 4.79 Å². The zero-order valence-corrected chi connectivity index (χ0v) is 11.9. The maximum atomic E-state index is 13.6. The average Bonchev–Trinajstić information content (AvgIpc) is 2.36. The Morgan fingerprint density at radius 2 is 1.84 bits per heavy atom. The Hall–Kier alpha value is -1.26. The Kier molecular flexibility index (Phi) is 4.32. The highest BCUT2D eigenvalue weighted by Gasteiger charge is 2.16. The first-order valence-electron chi connectivity index (χ1n) is 5.40. The molecule has 1 nitrogen and oxygen atoms in total. The summed E-state index contributed by atoms with van der Waals surface area (Å²) in [6.07, 6.45) is -0.0718. The third-order valence-corrected chi connectivity index (χ3v) is 3.60. The molecule has 0 fully saturated rings. The molecule has 0 bridgehead atoms. The van der Waals surface area contributed by atoms with Gasteiger partial charge >= 0.3 is 0 Å². The van der Waals surface area contributed by atoms with Gasteiger partial charge in [-0.1, -0.05) is 29.8 Å². The van der Waals surface area contributed by atoms with E-state index >= 15 is 0 Å². The lowest BCUT2D eigenvalue weighted by atomic mass is 10.0. The molecule has 19 heavy (non-hydrogen) atoms. The minimum absolute atomic E-state index is 0.0145. The number of ketones is 1. The van der Waals surface area contributed by atoms with Gasteiger partial charge in [0.25, 0.3) is 0 Å². The topological polar surface area (TPSA) is 17.1 Å². The van der Waals surface area contributed by atoms with Crippen LogP contribution in [-0.4, -0.2) is 5.78 Å². The maximum Gasteiger partial charge on any atom is 0.170 e. The van der Waals surface area contributed by atoms with Crippen molar-refractivity contribution in [2.45, 2.75) is 6.42 Å². The average molecular weight is 346 g/mol. The van der Waals surface area contributed by atoms with Crippen LogP contribution < -0.4 is 0 Å². The van der Waals surface area contributed by atoms with Gasteiger partial charge in [-0.25, -0.2) is 8.78 Å². The lowest BCUT2D eigenvalue weighted by Crippen LogP contribution is -2.07. The van der Waals surface area contributed by atoms with Gasteiger partial charge in [-0.2, -0.15) is 0 Å². The van der Waals surface area contributed by atoms with Crippen molar-refractivity contribution in [3.8, 4) is 0 Å². The zero-order chi connectivity index (χ0) is 14.0. The SMILES string of the molecule is O=C(Cc1ccccc1Cl)c1cc(F)c(Br)cc1F. The highest BCUT2D eigenvalue weighted by molar-refractivity contribution is 9.10. The normalized spacial score (nSPS) is 10.5. The molecular weight excluding hydrogens is 338 g/mol. The van der Waals surface area contributed by atoms with Crippen molar-refractivity contribution < 1.29 is 13.6 Å². The Bertz CT molecular complexity index is 643. The van der Waals surface area contributed by atoms with Crippen LogP contribution in [0.15, 0.2) is 40.9 Å². The van der Waals surface area contributed by atoms with Gasteiger partial charge in [0.1, 0.15) is 11.6 Å². The van der Waals surface area contributed by atoms with E-state index in [4.69, 9.17) is 11.6 Å². The van der Waals surface area contributed by atoms with Crippen molar-refractivity contribution in [1.82, 2.24) is 0 Å². The summed E-state index contributed by atoms with van der Waals surface area (Å²) in [6.45, 7) is 0. The molecule has 0 aliphatic rings. The van der Waals surface area contributed by atoms with Crippen LogP contribution >= 0.6 is 27.5 Å². The monoisotopic (exact) mass is 344 g/mol. The summed E-state index contributed by atoms with van der Waals surface area (Å²) in [5.74, 6) is -1.95. The van der Waals surface area contributed by atoms with Crippen LogP contribution in [0.4, 0.5) is 8.78 Å². The quantitative estimate of drug-likeness (QED) is 0.576. The van der Waals surface area contributed by atoms with Crippen molar-refractivity contribution in [2.75, 3.05) is 0 Å². The van der Waals surface area contributed by atoms with E-state index in [1.807, 2.05) is 0 Å². The fourth-order valence-electron chi connectivity index (χ4n) is 1.65. The van der Waals surface area contributed by atoms with Crippen molar-refractivity contribution in [1.29, 1.82) is 0 Å². The van der Waals surface area contributed by atoms with E-state index in [9.17, 15) is 13.6 Å². The summed E-state index contributed by atoms with van der Waals surface area (Å²) in [7, 11) is 0. The van der Waals surface area contributed by atoms with Crippen molar-refractivity contribution in [2.24, 2.45) is 0 Å². The van der Waals surface area contributed by atoms with Crippen molar-refractivity contribution in [3.05, 3.63) is 68.7 Å². The predicted molar refractivity (Wildman–Crippen MR) is 73.5 cm³/mol. The molecule has 98 valence electrons. The number of hydrogen-bond donors (Lipinski definition) is 0. The highest BCUT2D eigenvalue weighted by atomic mass is 79.9. The fraction of sp³-hybridized carbons (Fsp3) is 0.0714. The van der Waals surface area contributed by atoms with Crippen LogP contribution in [0, 0.1) is 11.6 Å². The molecule has 0 N–H and O–H groups in total. The van der Waals surface area contributed by atoms with Gasteiger partial charge in [-0.15, -0.1) is 0 Å². The molecule has 0 saturated heterocycles. The summed E-state index contributed by atoms with van der Waals surface area (Å²) >= 11 is 8.78. The molecule has 0 aliphatic heterocycles. The molecule has 0 heterocycles. The summed E-state index contributed by atoms with van der Waals surface area (Å²) < 4.78 is 27.0. The molecule has 5 heteroatoms. The molecule has 0 aromatic heterocycles. The number of halogens is 4. The second kappa shape index (κ2) is 5.80. The third kappa shape index (κ3) is 3.19. The smallest absolute Gasteiger partial charge is 0.170 e. The van der Waals surface area contributed by atoms with Gasteiger partial charge in [0.2, 0.25) is 0 Å².